The highest BCUT2D eigenvalue weighted by Crippen LogP contribution is 2.28. The summed E-state index contributed by atoms with van der Waals surface area (Å²) in [6.45, 7) is -0.951. The average Bonchev–Trinajstić information content (AvgIpc) is 2.25. The smallest absolute Gasteiger partial charge is 0.300 e. The number of pyridine rings is 1. The fourth-order valence-electron chi connectivity index (χ4n) is 2.05. The van der Waals surface area contributed by atoms with Crippen LogP contribution in [0.4, 0.5) is 13.2 Å². The number of alkyl halides is 3. The lowest BCUT2D eigenvalue weighted by Crippen LogP contribution is -2.34. The molecule has 0 spiro atoms. The maximum Gasteiger partial charge on any atom is 0.401 e. The Labute approximate surface area is 91.9 Å². The Morgan fingerprint density at radius 3 is 3.00 bits per heavy atom. The van der Waals surface area contributed by atoms with Crippen molar-refractivity contribution in [1.29, 1.82) is 0 Å². The zero-order valence-corrected chi connectivity index (χ0v) is 8.72. The van der Waals surface area contributed by atoms with Gasteiger partial charge in [-0.05, 0) is 30.9 Å². The van der Waals surface area contributed by atoms with Gasteiger partial charge in [0.1, 0.15) is 0 Å². The van der Waals surface area contributed by atoms with E-state index in [4.69, 9.17) is 0 Å². The molecule has 0 saturated heterocycles. The molecule has 1 aliphatic carbocycles. The Morgan fingerprint density at radius 2 is 2.25 bits per heavy atom. The SMILES string of the molecule is FC(F)(F)CN[C@H]1CCCc2cccnc21. The molecule has 0 bridgehead atoms. The van der Waals surface area contributed by atoms with Crippen molar-refractivity contribution in [3.8, 4) is 0 Å². The van der Waals surface area contributed by atoms with Gasteiger partial charge in [0.2, 0.25) is 0 Å². The van der Waals surface area contributed by atoms with Crippen LogP contribution in [0.5, 0.6) is 0 Å². The Hall–Kier alpha value is -1.10. The Morgan fingerprint density at radius 1 is 1.44 bits per heavy atom. The molecule has 0 radical (unpaired) electrons. The number of rotatable bonds is 2. The molecule has 5 heteroatoms. The van der Waals surface area contributed by atoms with Crippen molar-refractivity contribution in [3.05, 3.63) is 29.6 Å². The Kier molecular flexibility index (Phi) is 3.14. The summed E-state index contributed by atoms with van der Waals surface area (Å²) in [6, 6.07) is 3.50. The van der Waals surface area contributed by atoms with E-state index in [1.54, 1.807) is 6.20 Å². The van der Waals surface area contributed by atoms with E-state index in [1.807, 2.05) is 12.1 Å². The van der Waals surface area contributed by atoms with Gasteiger partial charge in [-0.1, -0.05) is 6.07 Å². The third-order valence-electron chi connectivity index (χ3n) is 2.74. The first kappa shape index (κ1) is 11.4. The number of nitrogens with one attached hydrogen (secondary N) is 1. The number of nitrogens with zero attached hydrogens (tertiary/aromatic N) is 1. The summed E-state index contributed by atoms with van der Waals surface area (Å²) in [5, 5.41) is 2.53. The van der Waals surface area contributed by atoms with Gasteiger partial charge in [-0.25, -0.2) is 0 Å². The molecule has 2 nitrogen and oxygen atoms in total. The first-order valence-electron chi connectivity index (χ1n) is 5.30. The van der Waals surface area contributed by atoms with Gasteiger partial charge in [0.15, 0.2) is 0 Å². The van der Waals surface area contributed by atoms with Crippen LogP contribution >= 0.6 is 0 Å². The standard InChI is InChI=1S/C11H13F3N2/c12-11(13,14)7-16-9-5-1-3-8-4-2-6-15-10(8)9/h2,4,6,9,16H,1,3,5,7H2/t9-/m0/s1. The van der Waals surface area contributed by atoms with E-state index in [0.29, 0.717) is 0 Å². The summed E-state index contributed by atoms with van der Waals surface area (Å²) >= 11 is 0. The molecule has 0 unspecified atom stereocenters. The minimum atomic E-state index is -4.16. The van der Waals surface area contributed by atoms with Crippen LogP contribution in [0.2, 0.25) is 0 Å². The van der Waals surface area contributed by atoms with Gasteiger partial charge in [0.25, 0.3) is 0 Å². The van der Waals surface area contributed by atoms with Gasteiger partial charge in [-0.15, -0.1) is 0 Å². The molecular weight excluding hydrogens is 217 g/mol. The molecule has 1 aromatic heterocycles. The van der Waals surface area contributed by atoms with Gasteiger partial charge in [0, 0.05) is 6.20 Å². The van der Waals surface area contributed by atoms with Crippen LogP contribution in [0.1, 0.15) is 30.1 Å². The quantitative estimate of drug-likeness (QED) is 0.844. The minimum Gasteiger partial charge on any atom is -0.300 e. The van der Waals surface area contributed by atoms with Crippen molar-refractivity contribution in [2.45, 2.75) is 31.5 Å². The second kappa shape index (κ2) is 4.41. The van der Waals surface area contributed by atoms with Crippen molar-refractivity contribution < 1.29 is 13.2 Å². The molecule has 0 amide bonds. The van der Waals surface area contributed by atoms with Crippen molar-refractivity contribution in [2.24, 2.45) is 0 Å². The normalized spacial score (nSPS) is 20.6. The topological polar surface area (TPSA) is 24.9 Å². The van der Waals surface area contributed by atoms with E-state index in [0.717, 1.165) is 30.5 Å². The van der Waals surface area contributed by atoms with E-state index >= 15 is 0 Å². The van der Waals surface area contributed by atoms with Crippen molar-refractivity contribution >= 4 is 0 Å². The second-order valence-corrected chi connectivity index (χ2v) is 3.99. The molecule has 0 fully saturated rings. The van der Waals surface area contributed by atoms with Gasteiger partial charge in [-0.3, -0.25) is 4.98 Å². The molecule has 0 aliphatic heterocycles. The van der Waals surface area contributed by atoms with Crippen LogP contribution in [-0.4, -0.2) is 17.7 Å². The Balaban J connectivity index is 2.07. The highest BCUT2D eigenvalue weighted by Gasteiger charge is 2.30. The number of aryl methyl sites for hydroxylation is 1. The second-order valence-electron chi connectivity index (χ2n) is 3.99. The summed E-state index contributed by atoms with van der Waals surface area (Å²) in [6.07, 6.45) is 0.0144. The zero-order valence-electron chi connectivity index (χ0n) is 8.72. The lowest BCUT2D eigenvalue weighted by Gasteiger charge is -2.25. The first-order chi connectivity index (χ1) is 7.56. The van der Waals surface area contributed by atoms with Crippen LogP contribution in [-0.2, 0) is 6.42 Å². The fraction of sp³-hybridized carbons (Fsp3) is 0.545. The number of hydrogen-bond acceptors (Lipinski definition) is 2. The number of fused-ring (bicyclic) bond motifs is 1. The van der Waals surface area contributed by atoms with Crippen molar-refractivity contribution in [2.75, 3.05) is 6.54 Å². The predicted octanol–water partition coefficient (Wildman–Crippen LogP) is 2.61. The molecule has 1 N–H and O–H groups in total. The van der Waals surface area contributed by atoms with Gasteiger partial charge < -0.3 is 5.32 Å². The summed E-state index contributed by atoms with van der Waals surface area (Å²) in [7, 11) is 0. The lowest BCUT2D eigenvalue weighted by atomic mass is 9.92. The van der Waals surface area contributed by atoms with Crippen LogP contribution < -0.4 is 5.32 Å². The molecule has 1 heterocycles. The summed E-state index contributed by atoms with van der Waals surface area (Å²) in [4.78, 5) is 4.17. The summed E-state index contributed by atoms with van der Waals surface area (Å²) in [5.74, 6) is 0. The molecular formula is C11H13F3N2. The molecule has 1 aromatic rings. The predicted molar refractivity (Wildman–Crippen MR) is 54.0 cm³/mol. The number of aromatic nitrogens is 1. The number of halogens is 3. The number of hydrogen-bond donors (Lipinski definition) is 1. The minimum absolute atomic E-state index is 0.258. The van der Waals surface area contributed by atoms with E-state index < -0.39 is 12.7 Å². The van der Waals surface area contributed by atoms with Crippen LogP contribution in [0.3, 0.4) is 0 Å². The van der Waals surface area contributed by atoms with Gasteiger partial charge in [-0.2, -0.15) is 13.2 Å². The van der Waals surface area contributed by atoms with E-state index in [2.05, 4.69) is 10.3 Å². The van der Waals surface area contributed by atoms with Crippen molar-refractivity contribution in [3.63, 3.8) is 0 Å². The zero-order chi connectivity index (χ0) is 11.6. The highest BCUT2D eigenvalue weighted by atomic mass is 19.4. The van der Waals surface area contributed by atoms with Crippen LogP contribution in [0.25, 0.3) is 0 Å². The molecule has 1 atom stereocenters. The third-order valence-corrected chi connectivity index (χ3v) is 2.74. The monoisotopic (exact) mass is 230 g/mol. The first-order valence-corrected chi connectivity index (χ1v) is 5.30. The fourth-order valence-corrected chi connectivity index (χ4v) is 2.05. The molecule has 16 heavy (non-hydrogen) atoms. The Bertz CT molecular complexity index is 362. The maximum atomic E-state index is 12.1. The van der Waals surface area contributed by atoms with E-state index in [1.165, 1.54) is 0 Å². The van der Waals surface area contributed by atoms with Crippen molar-refractivity contribution in [1.82, 2.24) is 10.3 Å². The largest absolute Gasteiger partial charge is 0.401 e. The van der Waals surface area contributed by atoms with Gasteiger partial charge >= 0.3 is 6.18 Å². The van der Waals surface area contributed by atoms with Gasteiger partial charge in [0.05, 0.1) is 18.3 Å². The van der Waals surface area contributed by atoms with E-state index in [9.17, 15) is 13.2 Å². The lowest BCUT2D eigenvalue weighted by molar-refractivity contribution is -0.126. The molecule has 88 valence electrons. The average molecular weight is 230 g/mol. The molecule has 1 aliphatic rings. The van der Waals surface area contributed by atoms with Crippen LogP contribution in [0.15, 0.2) is 18.3 Å². The molecule has 0 saturated carbocycles. The molecule has 2 rings (SSSR count). The highest BCUT2D eigenvalue weighted by molar-refractivity contribution is 5.25. The maximum absolute atomic E-state index is 12.1. The summed E-state index contributed by atoms with van der Waals surface area (Å²) in [5.41, 5.74) is 1.84. The van der Waals surface area contributed by atoms with E-state index in [-0.39, 0.29) is 6.04 Å². The summed E-state index contributed by atoms with van der Waals surface area (Å²) < 4.78 is 36.3. The third kappa shape index (κ3) is 2.72. The molecule has 0 aromatic carbocycles. The van der Waals surface area contributed by atoms with Crippen LogP contribution in [0, 0.1) is 0 Å².